The van der Waals surface area contributed by atoms with Crippen molar-refractivity contribution in [1.29, 1.82) is 0 Å². The molecular formula is C13H21N3O2. The fourth-order valence-corrected chi connectivity index (χ4v) is 1.80. The van der Waals surface area contributed by atoms with Crippen LogP contribution in [0, 0.1) is 5.92 Å². The fourth-order valence-electron chi connectivity index (χ4n) is 1.80. The monoisotopic (exact) mass is 251 g/mol. The third-order valence-electron chi connectivity index (χ3n) is 2.92. The van der Waals surface area contributed by atoms with Gasteiger partial charge in [-0.05, 0) is 24.2 Å². The molecule has 1 unspecified atom stereocenters. The van der Waals surface area contributed by atoms with Gasteiger partial charge in [-0.2, -0.15) is 0 Å². The first-order valence-corrected chi connectivity index (χ1v) is 6.04. The average Bonchev–Trinajstić information content (AvgIpc) is 2.36. The maximum absolute atomic E-state index is 9.42. The van der Waals surface area contributed by atoms with Crippen molar-refractivity contribution in [1.82, 2.24) is 4.90 Å². The van der Waals surface area contributed by atoms with Crippen molar-refractivity contribution < 1.29 is 10.3 Å². The van der Waals surface area contributed by atoms with Crippen LogP contribution in [0.3, 0.4) is 0 Å². The molecule has 1 atom stereocenters. The average molecular weight is 251 g/mol. The second kappa shape index (κ2) is 6.86. The van der Waals surface area contributed by atoms with Gasteiger partial charge in [0, 0.05) is 19.0 Å². The van der Waals surface area contributed by atoms with Crippen molar-refractivity contribution in [3.8, 4) is 5.75 Å². The molecule has 0 saturated heterocycles. The fraction of sp³-hybridized carbons (Fsp3) is 0.462. The Morgan fingerprint density at radius 1 is 1.50 bits per heavy atom. The highest BCUT2D eigenvalue weighted by Crippen LogP contribution is 2.13. The molecule has 5 heteroatoms. The van der Waals surface area contributed by atoms with Crippen LogP contribution in [0.1, 0.15) is 19.4 Å². The number of phenols is 1. The second-order valence-electron chi connectivity index (χ2n) is 4.42. The number of amidine groups is 1. The van der Waals surface area contributed by atoms with Crippen molar-refractivity contribution in [2.45, 2.75) is 20.4 Å². The molecule has 0 spiro atoms. The molecule has 0 aliphatic carbocycles. The van der Waals surface area contributed by atoms with Crippen LogP contribution < -0.4 is 5.73 Å². The minimum atomic E-state index is -0.00717. The van der Waals surface area contributed by atoms with Crippen LogP contribution in [0.4, 0.5) is 0 Å². The van der Waals surface area contributed by atoms with E-state index in [0.29, 0.717) is 6.54 Å². The van der Waals surface area contributed by atoms with Crippen molar-refractivity contribution in [2.75, 3.05) is 13.1 Å². The van der Waals surface area contributed by atoms with E-state index >= 15 is 0 Å². The van der Waals surface area contributed by atoms with Crippen molar-refractivity contribution in [2.24, 2.45) is 16.8 Å². The van der Waals surface area contributed by atoms with Crippen LogP contribution in [0.5, 0.6) is 5.75 Å². The van der Waals surface area contributed by atoms with E-state index in [9.17, 15) is 5.11 Å². The summed E-state index contributed by atoms with van der Waals surface area (Å²) in [6, 6.07) is 7.19. The van der Waals surface area contributed by atoms with Gasteiger partial charge in [-0.25, -0.2) is 0 Å². The van der Waals surface area contributed by atoms with E-state index < -0.39 is 0 Å². The Morgan fingerprint density at radius 3 is 2.78 bits per heavy atom. The molecule has 0 heterocycles. The van der Waals surface area contributed by atoms with Gasteiger partial charge in [-0.1, -0.05) is 31.1 Å². The Balaban J connectivity index is 2.62. The quantitative estimate of drug-likeness (QED) is 0.310. The first-order chi connectivity index (χ1) is 8.56. The highest BCUT2D eigenvalue weighted by Gasteiger charge is 2.13. The molecular weight excluding hydrogens is 230 g/mol. The van der Waals surface area contributed by atoms with E-state index in [2.05, 4.69) is 17.0 Å². The van der Waals surface area contributed by atoms with Gasteiger partial charge in [-0.3, -0.25) is 4.90 Å². The van der Waals surface area contributed by atoms with Gasteiger partial charge in [0.05, 0.1) is 0 Å². The predicted molar refractivity (Wildman–Crippen MR) is 71.6 cm³/mol. The third-order valence-corrected chi connectivity index (χ3v) is 2.92. The van der Waals surface area contributed by atoms with E-state index in [1.165, 1.54) is 0 Å². The molecule has 1 aromatic carbocycles. The summed E-state index contributed by atoms with van der Waals surface area (Å²) in [6.07, 6.45) is 0. The van der Waals surface area contributed by atoms with Crippen LogP contribution in [0.15, 0.2) is 29.4 Å². The lowest BCUT2D eigenvalue weighted by molar-refractivity contribution is 0.257. The Bertz CT molecular complexity index is 407. The summed E-state index contributed by atoms with van der Waals surface area (Å²) in [5.41, 5.74) is 6.62. The number of aromatic hydroxyl groups is 1. The number of hydrogen-bond donors (Lipinski definition) is 3. The molecule has 0 aromatic heterocycles. The molecule has 0 amide bonds. The molecule has 4 N–H and O–H groups in total. The number of nitrogens with zero attached hydrogens (tertiary/aromatic N) is 2. The van der Waals surface area contributed by atoms with Crippen molar-refractivity contribution >= 4 is 5.84 Å². The van der Waals surface area contributed by atoms with Crippen LogP contribution in [-0.2, 0) is 6.54 Å². The summed E-state index contributed by atoms with van der Waals surface area (Å²) < 4.78 is 0. The molecule has 1 rings (SSSR count). The largest absolute Gasteiger partial charge is 0.508 e. The lowest BCUT2D eigenvalue weighted by atomic mass is 10.1. The van der Waals surface area contributed by atoms with Gasteiger partial charge in [0.25, 0.3) is 0 Å². The highest BCUT2D eigenvalue weighted by molar-refractivity contribution is 5.82. The van der Waals surface area contributed by atoms with Gasteiger partial charge in [-0.15, -0.1) is 0 Å². The van der Waals surface area contributed by atoms with Gasteiger partial charge >= 0.3 is 0 Å². The van der Waals surface area contributed by atoms with Gasteiger partial charge < -0.3 is 16.0 Å². The van der Waals surface area contributed by atoms with E-state index in [4.69, 9.17) is 10.9 Å². The molecule has 0 fully saturated rings. The molecule has 18 heavy (non-hydrogen) atoms. The number of oxime groups is 1. The van der Waals surface area contributed by atoms with Crippen LogP contribution >= 0.6 is 0 Å². The molecule has 5 nitrogen and oxygen atoms in total. The predicted octanol–water partition coefficient (Wildman–Crippen LogP) is 1.60. The van der Waals surface area contributed by atoms with E-state index in [1.807, 2.05) is 19.1 Å². The summed E-state index contributed by atoms with van der Waals surface area (Å²) in [4.78, 5) is 2.18. The second-order valence-corrected chi connectivity index (χ2v) is 4.42. The van der Waals surface area contributed by atoms with Gasteiger partial charge in [0.15, 0.2) is 0 Å². The Morgan fingerprint density at radius 2 is 2.22 bits per heavy atom. The molecule has 0 radical (unpaired) electrons. The maximum atomic E-state index is 9.42. The number of phenolic OH excluding ortho intramolecular Hbond substituents is 1. The topological polar surface area (TPSA) is 82.1 Å². The van der Waals surface area contributed by atoms with E-state index in [0.717, 1.165) is 18.7 Å². The highest BCUT2D eigenvalue weighted by atomic mass is 16.4. The molecule has 0 bridgehead atoms. The van der Waals surface area contributed by atoms with Crippen LogP contribution in [-0.4, -0.2) is 34.1 Å². The third kappa shape index (κ3) is 4.25. The number of hydrogen-bond acceptors (Lipinski definition) is 4. The lowest BCUT2D eigenvalue weighted by Gasteiger charge is -2.23. The van der Waals surface area contributed by atoms with Crippen LogP contribution in [0.25, 0.3) is 0 Å². The van der Waals surface area contributed by atoms with Gasteiger partial charge in [0.2, 0.25) is 0 Å². The number of nitrogens with two attached hydrogens (primary N) is 1. The first kappa shape index (κ1) is 14.3. The normalized spacial score (nSPS) is 13.8. The number of benzene rings is 1. The van der Waals surface area contributed by atoms with Crippen molar-refractivity contribution in [3.63, 3.8) is 0 Å². The first-order valence-electron chi connectivity index (χ1n) is 6.04. The standard InChI is InChI=1S/C13H21N3O2/c1-3-16(8-10(2)13(14)15-18)9-11-5-4-6-12(17)7-11/h4-7,10,17-18H,3,8-9H2,1-2H3,(H2,14,15). The SMILES string of the molecule is CCN(Cc1cccc(O)c1)CC(C)C(N)=NO. The summed E-state index contributed by atoms with van der Waals surface area (Å²) in [7, 11) is 0. The lowest BCUT2D eigenvalue weighted by Crippen LogP contribution is -2.34. The summed E-state index contributed by atoms with van der Waals surface area (Å²) >= 11 is 0. The van der Waals surface area contributed by atoms with Crippen LogP contribution in [0.2, 0.25) is 0 Å². The van der Waals surface area contributed by atoms with Crippen molar-refractivity contribution in [3.05, 3.63) is 29.8 Å². The Kier molecular flexibility index (Phi) is 5.45. The molecule has 0 aliphatic heterocycles. The zero-order valence-electron chi connectivity index (χ0n) is 10.9. The number of rotatable bonds is 6. The smallest absolute Gasteiger partial charge is 0.143 e. The Hall–Kier alpha value is -1.75. The maximum Gasteiger partial charge on any atom is 0.143 e. The van der Waals surface area contributed by atoms with E-state index in [1.54, 1.807) is 12.1 Å². The summed E-state index contributed by atoms with van der Waals surface area (Å²) in [5, 5.41) is 21.1. The zero-order valence-corrected chi connectivity index (χ0v) is 10.9. The minimum absolute atomic E-state index is 0.00717. The summed E-state index contributed by atoms with van der Waals surface area (Å²) in [6.45, 7) is 6.27. The molecule has 1 aromatic rings. The summed E-state index contributed by atoms with van der Waals surface area (Å²) in [5.74, 6) is 0.504. The zero-order chi connectivity index (χ0) is 13.5. The minimum Gasteiger partial charge on any atom is -0.508 e. The Labute approximate surface area is 108 Å². The molecule has 0 saturated carbocycles. The molecule has 0 aliphatic rings. The van der Waals surface area contributed by atoms with Gasteiger partial charge in [0.1, 0.15) is 11.6 Å². The van der Waals surface area contributed by atoms with E-state index in [-0.39, 0.29) is 17.5 Å². The molecule has 100 valence electrons.